The summed E-state index contributed by atoms with van der Waals surface area (Å²) in [6.07, 6.45) is 0.267. The number of amides is 2. The fourth-order valence-corrected chi connectivity index (χ4v) is 3.78. The normalized spacial score (nSPS) is 13.1. The lowest BCUT2D eigenvalue weighted by molar-refractivity contribution is 0.0995. The molecule has 6 N–H and O–H groups in total. The van der Waals surface area contributed by atoms with Crippen LogP contribution >= 0.6 is 7.75 Å². The van der Waals surface area contributed by atoms with E-state index in [2.05, 4.69) is 15.4 Å². The monoisotopic (exact) mass is 479 g/mol. The van der Waals surface area contributed by atoms with Gasteiger partial charge in [-0.3, -0.25) is 24.1 Å². The molecule has 2 amide bonds. The SMILES string of the molecule is CCn1nc(C)cc1C(=O)Nc1nc2cc(C(N)=O)cc(OC)c2n1CCCOP(N)(=O)O. The Balaban J connectivity index is 2.02. The number of hydrogen-bond acceptors (Lipinski definition) is 7. The van der Waals surface area contributed by atoms with Crippen molar-refractivity contribution in [2.24, 2.45) is 11.2 Å². The molecule has 0 bridgehead atoms. The average Bonchev–Trinajstić information content (AvgIpc) is 3.29. The van der Waals surface area contributed by atoms with E-state index >= 15 is 0 Å². The van der Waals surface area contributed by atoms with Crippen LogP contribution in [0.15, 0.2) is 18.2 Å². The summed E-state index contributed by atoms with van der Waals surface area (Å²) in [6, 6.07) is 4.62. The predicted octanol–water partition coefficient (Wildman–Crippen LogP) is 1.39. The molecule has 0 saturated carbocycles. The van der Waals surface area contributed by atoms with E-state index < -0.39 is 19.6 Å². The number of nitrogens with two attached hydrogens (primary N) is 2. The van der Waals surface area contributed by atoms with Gasteiger partial charge in [-0.05, 0) is 38.5 Å². The van der Waals surface area contributed by atoms with Crippen LogP contribution in [0.4, 0.5) is 5.95 Å². The van der Waals surface area contributed by atoms with Crippen LogP contribution in [0.3, 0.4) is 0 Å². The summed E-state index contributed by atoms with van der Waals surface area (Å²) in [4.78, 5) is 38.3. The number of fused-ring (bicyclic) bond motifs is 1. The molecule has 3 aromatic rings. The first-order chi connectivity index (χ1) is 15.5. The molecule has 3 rings (SSSR count). The van der Waals surface area contributed by atoms with Crippen molar-refractivity contribution in [2.45, 2.75) is 33.4 Å². The Morgan fingerprint density at radius 1 is 1.30 bits per heavy atom. The van der Waals surface area contributed by atoms with Gasteiger partial charge in [0.1, 0.15) is 17.0 Å². The second-order valence-electron chi connectivity index (χ2n) is 7.19. The number of hydrogen-bond donors (Lipinski definition) is 4. The zero-order valence-electron chi connectivity index (χ0n) is 18.4. The van der Waals surface area contributed by atoms with Crippen molar-refractivity contribution < 1.29 is 28.3 Å². The lowest BCUT2D eigenvalue weighted by Gasteiger charge is -2.13. The summed E-state index contributed by atoms with van der Waals surface area (Å²) < 4.78 is 24.6. The fraction of sp³-hybridized carbons (Fsp3) is 0.368. The molecule has 0 aliphatic heterocycles. The number of rotatable bonds is 10. The molecule has 1 atom stereocenters. The number of primary amides is 1. The maximum Gasteiger partial charge on any atom is 0.400 e. The van der Waals surface area contributed by atoms with Gasteiger partial charge in [-0.2, -0.15) is 5.10 Å². The molecule has 1 unspecified atom stereocenters. The van der Waals surface area contributed by atoms with Gasteiger partial charge in [-0.1, -0.05) is 0 Å². The molecule has 33 heavy (non-hydrogen) atoms. The third-order valence-electron chi connectivity index (χ3n) is 4.77. The van der Waals surface area contributed by atoms with Gasteiger partial charge in [-0.15, -0.1) is 0 Å². The molecule has 2 aromatic heterocycles. The molecule has 0 aliphatic carbocycles. The van der Waals surface area contributed by atoms with Gasteiger partial charge >= 0.3 is 7.75 Å². The molecular formula is C19H26N7O6P. The van der Waals surface area contributed by atoms with E-state index in [4.69, 9.17) is 25.4 Å². The first-order valence-electron chi connectivity index (χ1n) is 10.0. The van der Waals surface area contributed by atoms with E-state index in [1.807, 2.05) is 6.92 Å². The van der Waals surface area contributed by atoms with E-state index in [9.17, 15) is 14.2 Å². The number of imidazole rings is 1. The van der Waals surface area contributed by atoms with Crippen molar-refractivity contribution in [2.75, 3.05) is 19.0 Å². The zero-order valence-corrected chi connectivity index (χ0v) is 19.3. The molecule has 0 spiro atoms. The smallest absolute Gasteiger partial charge is 0.400 e. The van der Waals surface area contributed by atoms with Crippen molar-refractivity contribution in [3.63, 3.8) is 0 Å². The number of methoxy groups -OCH3 is 1. The number of ether oxygens (including phenoxy) is 1. The minimum atomic E-state index is -4.11. The molecule has 14 heteroatoms. The average molecular weight is 479 g/mol. The predicted molar refractivity (Wildman–Crippen MR) is 120 cm³/mol. The molecule has 2 heterocycles. The fourth-order valence-electron chi connectivity index (χ4n) is 3.39. The van der Waals surface area contributed by atoms with Crippen molar-refractivity contribution in [3.05, 3.63) is 35.2 Å². The summed E-state index contributed by atoms with van der Waals surface area (Å²) in [6.45, 7) is 4.27. The number of benzene rings is 1. The van der Waals surface area contributed by atoms with E-state index in [0.29, 0.717) is 34.7 Å². The lowest BCUT2D eigenvalue weighted by Crippen LogP contribution is -2.20. The van der Waals surface area contributed by atoms with Crippen LogP contribution in [0, 0.1) is 6.92 Å². The Kier molecular flexibility index (Phi) is 7.18. The van der Waals surface area contributed by atoms with Gasteiger partial charge in [0.25, 0.3) is 5.91 Å². The topological polar surface area (TPSA) is 190 Å². The maximum atomic E-state index is 13.0. The summed E-state index contributed by atoms with van der Waals surface area (Å²) in [5.41, 5.74) is 12.5. The first-order valence-corrected chi connectivity index (χ1v) is 11.7. The van der Waals surface area contributed by atoms with E-state index in [1.54, 1.807) is 22.2 Å². The van der Waals surface area contributed by atoms with E-state index in [-0.39, 0.29) is 31.1 Å². The third kappa shape index (κ3) is 5.57. The van der Waals surface area contributed by atoms with E-state index in [1.165, 1.54) is 19.2 Å². The van der Waals surface area contributed by atoms with Crippen LogP contribution in [0.1, 0.15) is 39.9 Å². The quantitative estimate of drug-likeness (QED) is 0.246. The van der Waals surface area contributed by atoms with Gasteiger partial charge in [-0.25, -0.2) is 15.1 Å². The van der Waals surface area contributed by atoms with Gasteiger partial charge in [0, 0.05) is 18.7 Å². The van der Waals surface area contributed by atoms with Crippen LogP contribution in [0.5, 0.6) is 5.75 Å². The second kappa shape index (κ2) is 9.71. The summed E-state index contributed by atoms with van der Waals surface area (Å²) in [5, 5.41) is 7.05. The van der Waals surface area contributed by atoms with Gasteiger partial charge in [0.15, 0.2) is 0 Å². The zero-order chi connectivity index (χ0) is 24.3. The highest BCUT2D eigenvalue weighted by Gasteiger charge is 2.21. The van der Waals surface area contributed by atoms with Crippen molar-refractivity contribution in [3.8, 4) is 5.75 Å². The van der Waals surface area contributed by atoms with Gasteiger partial charge in [0.2, 0.25) is 11.9 Å². The lowest BCUT2D eigenvalue weighted by atomic mass is 10.1. The van der Waals surface area contributed by atoms with Gasteiger partial charge in [0.05, 0.1) is 24.9 Å². The Bertz CT molecular complexity index is 1250. The van der Waals surface area contributed by atoms with Crippen LogP contribution in [-0.2, 0) is 22.2 Å². The number of anilines is 1. The number of carbonyl (C=O) groups is 2. The third-order valence-corrected chi connectivity index (χ3v) is 5.33. The van der Waals surface area contributed by atoms with Crippen molar-refractivity contribution in [1.82, 2.24) is 19.3 Å². The number of aryl methyl sites for hydroxylation is 3. The standard InChI is InChI=1S/C19H26N7O6P/c1-4-26-14(8-11(2)24-26)18(28)23-19-22-13-9-12(17(20)27)10-15(31-3)16(13)25(19)6-5-7-32-33(21,29)30/h8-10H,4-7H2,1-3H3,(H2,20,27)(H3,21,29,30)(H,22,23,28). The Morgan fingerprint density at radius 3 is 2.64 bits per heavy atom. The highest BCUT2D eigenvalue weighted by atomic mass is 31.2. The molecule has 178 valence electrons. The Labute approximate surface area is 189 Å². The number of nitrogens with one attached hydrogen (secondary N) is 1. The summed E-state index contributed by atoms with van der Waals surface area (Å²) >= 11 is 0. The van der Waals surface area contributed by atoms with Crippen LogP contribution in [0.2, 0.25) is 0 Å². The Morgan fingerprint density at radius 2 is 2.03 bits per heavy atom. The van der Waals surface area contributed by atoms with Crippen molar-refractivity contribution in [1.29, 1.82) is 0 Å². The molecule has 0 radical (unpaired) electrons. The highest BCUT2D eigenvalue weighted by molar-refractivity contribution is 7.50. The molecular weight excluding hydrogens is 453 g/mol. The largest absolute Gasteiger partial charge is 0.494 e. The summed E-state index contributed by atoms with van der Waals surface area (Å²) in [5.74, 6) is -0.596. The minimum Gasteiger partial charge on any atom is -0.494 e. The van der Waals surface area contributed by atoms with Crippen LogP contribution < -0.4 is 21.3 Å². The second-order valence-corrected chi connectivity index (χ2v) is 8.58. The number of carbonyl (C=O) groups excluding carboxylic acids is 2. The Hall–Kier alpha value is -3.25. The van der Waals surface area contributed by atoms with Crippen LogP contribution in [0.25, 0.3) is 11.0 Å². The molecule has 1 aromatic carbocycles. The van der Waals surface area contributed by atoms with Gasteiger partial charge < -0.3 is 19.9 Å². The number of aromatic nitrogens is 4. The molecule has 0 aliphatic rings. The molecule has 0 fully saturated rings. The molecule has 13 nitrogen and oxygen atoms in total. The van der Waals surface area contributed by atoms with Crippen molar-refractivity contribution >= 4 is 36.5 Å². The molecule has 0 saturated heterocycles. The highest BCUT2D eigenvalue weighted by Crippen LogP contribution is 2.33. The first kappa shape index (κ1) is 24.4. The van der Waals surface area contributed by atoms with E-state index in [0.717, 1.165) is 0 Å². The van der Waals surface area contributed by atoms with Crippen LogP contribution in [-0.4, -0.2) is 49.8 Å². The minimum absolute atomic E-state index is 0.110. The summed E-state index contributed by atoms with van der Waals surface area (Å²) in [7, 11) is -2.69. The number of nitrogens with zero attached hydrogens (tertiary/aromatic N) is 4. The maximum absolute atomic E-state index is 13.0.